The Hall–Kier alpha value is -0.940. The van der Waals surface area contributed by atoms with Gasteiger partial charge >= 0.3 is 5.97 Å². The second-order valence-corrected chi connectivity index (χ2v) is 5.02. The van der Waals surface area contributed by atoms with Crippen LogP contribution in [0.25, 0.3) is 0 Å². The van der Waals surface area contributed by atoms with E-state index in [-0.39, 0.29) is 17.7 Å². The van der Waals surface area contributed by atoms with E-state index in [0.29, 0.717) is 24.1 Å². The summed E-state index contributed by atoms with van der Waals surface area (Å²) in [6.07, 6.45) is 0. The van der Waals surface area contributed by atoms with Crippen LogP contribution in [0.2, 0.25) is 0 Å². The maximum atomic E-state index is 13.3. The number of carbonyl (C=O) groups is 1. The summed E-state index contributed by atoms with van der Waals surface area (Å²) in [4.78, 5) is 13.3. The minimum atomic E-state index is -0.257. The molecule has 0 spiro atoms. The summed E-state index contributed by atoms with van der Waals surface area (Å²) in [7, 11) is 1.40. The first-order valence-corrected chi connectivity index (χ1v) is 6.13. The summed E-state index contributed by atoms with van der Waals surface area (Å²) in [6, 6.07) is 5.08. The van der Waals surface area contributed by atoms with Gasteiger partial charge in [-0.2, -0.15) is 0 Å². The first-order chi connectivity index (χ1) is 8.10. The number of likely N-dealkylation sites (tertiary alicyclic amines) is 1. The molecule has 0 aliphatic carbocycles. The molecule has 0 aromatic heterocycles. The van der Waals surface area contributed by atoms with Crippen molar-refractivity contribution in [3.63, 3.8) is 0 Å². The Labute approximate surface area is 108 Å². The molecule has 1 fully saturated rings. The largest absolute Gasteiger partial charge is 0.469 e. The standard InChI is InChI=1S/C12H13BrFNO2/c1-17-12(16)9-6-15(7-9)5-8-2-3-10(13)11(14)4-8/h2-4,9H,5-7H2,1H3. The summed E-state index contributed by atoms with van der Waals surface area (Å²) < 4.78 is 18.4. The summed E-state index contributed by atoms with van der Waals surface area (Å²) in [5.74, 6) is -0.448. The number of methoxy groups -OCH3 is 1. The predicted molar refractivity (Wildman–Crippen MR) is 64.9 cm³/mol. The van der Waals surface area contributed by atoms with Crippen molar-refractivity contribution in [3.8, 4) is 0 Å². The van der Waals surface area contributed by atoms with Crippen LogP contribution in [-0.2, 0) is 16.1 Å². The number of hydrogen-bond acceptors (Lipinski definition) is 3. The van der Waals surface area contributed by atoms with E-state index in [2.05, 4.69) is 25.6 Å². The van der Waals surface area contributed by atoms with Crippen LogP contribution in [0.5, 0.6) is 0 Å². The van der Waals surface area contributed by atoms with E-state index in [1.165, 1.54) is 13.2 Å². The molecule has 92 valence electrons. The summed E-state index contributed by atoms with van der Waals surface area (Å²) in [5, 5.41) is 0. The number of carbonyl (C=O) groups excluding carboxylic acids is 1. The zero-order valence-electron chi connectivity index (χ0n) is 9.45. The first-order valence-electron chi connectivity index (χ1n) is 5.34. The van der Waals surface area contributed by atoms with E-state index in [1.807, 2.05) is 6.07 Å². The monoisotopic (exact) mass is 301 g/mol. The average molecular weight is 302 g/mol. The fraction of sp³-hybridized carbons (Fsp3) is 0.417. The van der Waals surface area contributed by atoms with Crippen molar-refractivity contribution in [2.24, 2.45) is 5.92 Å². The van der Waals surface area contributed by atoms with Crippen LogP contribution in [0.4, 0.5) is 4.39 Å². The molecule has 0 amide bonds. The molecule has 17 heavy (non-hydrogen) atoms. The van der Waals surface area contributed by atoms with Crippen molar-refractivity contribution < 1.29 is 13.9 Å². The molecule has 3 nitrogen and oxygen atoms in total. The zero-order valence-corrected chi connectivity index (χ0v) is 11.0. The lowest BCUT2D eigenvalue weighted by atomic mass is 9.99. The smallest absolute Gasteiger partial charge is 0.311 e. The molecule has 0 bridgehead atoms. The van der Waals surface area contributed by atoms with Crippen molar-refractivity contribution in [2.45, 2.75) is 6.54 Å². The number of rotatable bonds is 3. The van der Waals surface area contributed by atoms with Gasteiger partial charge in [0.2, 0.25) is 0 Å². The van der Waals surface area contributed by atoms with Gasteiger partial charge in [-0.05, 0) is 33.6 Å². The van der Waals surface area contributed by atoms with Crippen molar-refractivity contribution in [3.05, 3.63) is 34.1 Å². The van der Waals surface area contributed by atoms with Crippen molar-refractivity contribution in [2.75, 3.05) is 20.2 Å². The topological polar surface area (TPSA) is 29.5 Å². The normalized spacial score (nSPS) is 16.6. The van der Waals surface area contributed by atoms with Crippen LogP contribution in [0.15, 0.2) is 22.7 Å². The Kier molecular flexibility index (Phi) is 3.79. The molecular formula is C12H13BrFNO2. The molecule has 0 N–H and O–H groups in total. The van der Waals surface area contributed by atoms with Gasteiger partial charge in [-0.15, -0.1) is 0 Å². The molecule has 1 heterocycles. The van der Waals surface area contributed by atoms with Gasteiger partial charge in [0.05, 0.1) is 17.5 Å². The third kappa shape index (κ3) is 2.84. The maximum Gasteiger partial charge on any atom is 0.311 e. The molecule has 0 atom stereocenters. The van der Waals surface area contributed by atoms with E-state index < -0.39 is 0 Å². The second kappa shape index (κ2) is 5.14. The third-order valence-electron chi connectivity index (χ3n) is 2.88. The number of benzene rings is 1. The predicted octanol–water partition coefficient (Wildman–Crippen LogP) is 2.19. The fourth-order valence-corrected chi connectivity index (χ4v) is 2.16. The SMILES string of the molecule is COC(=O)C1CN(Cc2ccc(Br)c(F)c2)C1. The lowest BCUT2D eigenvalue weighted by Gasteiger charge is -2.37. The molecule has 0 unspecified atom stereocenters. The Morgan fingerprint density at radius 2 is 2.29 bits per heavy atom. The Morgan fingerprint density at radius 1 is 1.59 bits per heavy atom. The average Bonchev–Trinajstić information content (AvgIpc) is 2.26. The molecule has 0 radical (unpaired) electrons. The summed E-state index contributed by atoms with van der Waals surface area (Å²) in [6.45, 7) is 2.03. The zero-order chi connectivity index (χ0) is 12.4. The number of esters is 1. The molecule has 0 saturated carbocycles. The maximum absolute atomic E-state index is 13.3. The molecule has 1 saturated heterocycles. The molecule has 1 aliphatic heterocycles. The van der Waals surface area contributed by atoms with E-state index in [9.17, 15) is 9.18 Å². The van der Waals surface area contributed by atoms with Gasteiger partial charge in [0.25, 0.3) is 0 Å². The first kappa shape index (κ1) is 12.5. The highest BCUT2D eigenvalue weighted by Gasteiger charge is 2.33. The van der Waals surface area contributed by atoms with E-state index >= 15 is 0 Å². The Morgan fingerprint density at radius 3 is 2.88 bits per heavy atom. The van der Waals surface area contributed by atoms with E-state index in [0.717, 1.165) is 5.56 Å². The van der Waals surface area contributed by atoms with Gasteiger partial charge < -0.3 is 4.74 Å². The molecule has 1 aromatic carbocycles. The Balaban J connectivity index is 1.87. The molecular weight excluding hydrogens is 289 g/mol. The number of hydrogen-bond donors (Lipinski definition) is 0. The van der Waals surface area contributed by atoms with Gasteiger partial charge in [0, 0.05) is 19.6 Å². The number of ether oxygens (including phenoxy) is 1. The second-order valence-electron chi connectivity index (χ2n) is 4.16. The van der Waals surface area contributed by atoms with Gasteiger partial charge in [-0.1, -0.05) is 6.07 Å². The van der Waals surface area contributed by atoms with E-state index in [1.54, 1.807) is 6.07 Å². The highest BCUT2D eigenvalue weighted by atomic mass is 79.9. The lowest BCUT2D eigenvalue weighted by molar-refractivity contribution is -0.151. The van der Waals surface area contributed by atoms with Gasteiger partial charge in [0.15, 0.2) is 0 Å². The quantitative estimate of drug-likeness (QED) is 0.802. The molecule has 5 heteroatoms. The van der Waals surface area contributed by atoms with Crippen LogP contribution in [-0.4, -0.2) is 31.1 Å². The minimum Gasteiger partial charge on any atom is -0.469 e. The van der Waals surface area contributed by atoms with Crippen LogP contribution in [0.3, 0.4) is 0 Å². The number of halogens is 2. The molecule has 2 rings (SSSR count). The molecule has 1 aliphatic rings. The highest BCUT2D eigenvalue weighted by molar-refractivity contribution is 9.10. The van der Waals surface area contributed by atoms with E-state index in [4.69, 9.17) is 0 Å². The number of nitrogens with zero attached hydrogens (tertiary/aromatic N) is 1. The van der Waals surface area contributed by atoms with Gasteiger partial charge in [-0.25, -0.2) is 4.39 Å². The van der Waals surface area contributed by atoms with Crippen molar-refractivity contribution >= 4 is 21.9 Å². The van der Waals surface area contributed by atoms with Crippen LogP contribution in [0.1, 0.15) is 5.56 Å². The van der Waals surface area contributed by atoms with Crippen molar-refractivity contribution in [1.82, 2.24) is 4.90 Å². The van der Waals surface area contributed by atoms with Gasteiger partial charge in [0.1, 0.15) is 5.82 Å². The summed E-state index contributed by atoms with van der Waals surface area (Å²) in [5.41, 5.74) is 0.911. The van der Waals surface area contributed by atoms with Crippen LogP contribution < -0.4 is 0 Å². The minimum absolute atomic E-state index is 0.0275. The fourth-order valence-electron chi connectivity index (χ4n) is 1.91. The highest BCUT2D eigenvalue weighted by Crippen LogP contribution is 2.22. The van der Waals surface area contributed by atoms with Crippen molar-refractivity contribution in [1.29, 1.82) is 0 Å². The summed E-state index contributed by atoms with van der Waals surface area (Å²) >= 11 is 3.11. The van der Waals surface area contributed by atoms with Gasteiger partial charge in [-0.3, -0.25) is 9.69 Å². The van der Waals surface area contributed by atoms with Crippen LogP contribution in [0, 0.1) is 11.7 Å². The Bertz CT molecular complexity index is 433. The lowest BCUT2D eigenvalue weighted by Crippen LogP contribution is -2.49. The molecule has 1 aromatic rings. The van der Waals surface area contributed by atoms with Crippen LogP contribution >= 0.6 is 15.9 Å². The third-order valence-corrected chi connectivity index (χ3v) is 3.52.